The monoisotopic (exact) mass is 478 g/mol. The van der Waals surface area contributed by atoms with Gasteiger partial charge in [-0.3, -0.25) is 19.3 Å². The van der Waals surface area contributed by atoms with E-state index in [1.807, 2.05) is 0 Å². The van der Waals surface area contributed by atoms with Gasteiger partial charge >= 0.3 is 5.97 Å². The number of rotatable bonds is 3. The summed E-state index contributed by atoms with van der Waals surface area (Å²) in [7, 11) is 3.05. The summed E-state index contributed by atoms with van der Waals surface area (Å²) in [6.07, 6.45) is -0.422. The quantitative estimate of drug-likeness (QED) is 0.358. The molecule has 10 nitrogen and oxygen atoms in total. The number of carbonyl (C=O) groups is 4. The summed E-state index contributed by atoms with van der Waals surface area (Å²) in [5.41, 5.74) is 0.581. The summed E-state index contributed by atoms with van der Waals surface area (Å²) in [4.78, 5) is 52.3. The molecule has 0 radical (unpaired) electrons. The molecule has 1 aromatic rings. The SMILES string of the molecule is CN(C)[C@H]1C(=O)C(C(N)=O)=C(O)[C@@]2(O)C(=O)C[C@@H]([C@@]3(C)OC(=O)c4c(O)ccc(Cl)c43)C[C@@H]12. The first-order valence-corrected chi connectivity index (χ1v) is 10.6. The van der Waals surface area contributed by atoms with Crippen molar-refractivity contribution < 1.29 is 39.2 Å². The van der Waals surface area contributed by atoms with E-state index in [0.717, 1.165) is 0 Å². The van der Waals surface area contributed by atoms with Crippen molar-refractivity contribution >= 4 is 35.0 Å². The van der Waals surface area contributed by atoms with Gasteiger partial charge in [0.2, 0.25) is 0 Å². The third-order valence-electron chi connectivity index (χ3n) is 7.15. The number of phenols is 1. The van der Waals surface area contributed by atoms with Gasteiger partial charge in [-0.25, -0.2) is 4.79 Å². The molecule has 0 saturated heterocycles. The average molecular weight is 479 g/mol. The van der Waals surface area contributed by atoms with Crippen LogP contribution in [0, 0.1) is 11.8 Å². The van der Waals surface area contributed by atoms with Crippen molar-refractivity contribution in [3.63, 3.8) is 0 Å². The fraction of sp³-hybridized carbons (Fsp3) is 0.455. The molecule has 11 heteroatoms. The predicted molar refractivity (Wildman–Crippen MR) is 113 cm³/mol. The van der Waals surface area contributed by atoms with E-state index in [-0.39, 0.29) is 34.7 Å². The number of hydrogen-bond donors (Lipinski definition) is 4. The predicted octanol–water partition coefficient (Wildman–Crippen LogP) is 0.568. The van der Waals surface area contributed by atoms with Crippen LogP contribution in [0.5, 0.6) is 5.75 Å². The van der Waals surface area contributed by atoms with Crippen LogP contribution in [0.15, 0.2) is 23.5 Å². The van der Waals surface area contributed by atoms with Gasteiger partial charge in [-0.2, -0.15) is 0 Å². The van der Waals surface area contributed by atoms with Gasteiger partial charge in [-0.15, -0.1) is 0 Å². The van der Waals surface area contributed by atoms with Crippen molar-refractivity contribution in [2.45, 2.75) is 37.0 Å². The van der Waals surface area contributed by atoms with Gasteiger partial charge in [-0.05, 0) is 39.6 Å². The molecule has 0 bridgehead atoms. The molecular weight excluding hydrogens is 456 g/mol. The van der Waals surface area contributed by atoms with Gasteiger partial charge in [0.1, 0.15) is 28.2 Å². The Morgan fingerprint density at radius 2 is 1.88 bits per heavy atom. The van der Waals surface area contributed by atoms with Crippen LogP contribution in [-0.4, -0.2) is 69.4 Å². The molecule has 1 amide bonds. The first-order valence-electron chi connectivity index (χ1n) is 10.2. The van der Waals surface area contributed by atoms with Crippen LogP contribution in [0.1, 0.15) is 35.7 Å². The minimum atomic E-state index is -2.52. The third kappa shape index (κ3) is 2.94. The van der Waals surface area contributed by atoms with Crippen LogP contribution in [0.4, 0.5) is 0 Å². The summed E-state index contributed by atoms with van der Waals surface area (Å²) >= 11 is 6.35. The first kappa shape index (κ1) is 23.2. The molecule has 3 aliphatic rings. The standard InChI is InChI=1S/C22H23ClN2O8/c1-21(15-10(23)4-5-11(26)13(15)20(31)33-21)8-6-9-16(25(2)3)17(28)14(19(24)30)18(29)22(9,32)12(27)7-8/h4-5,8-9,16,26,29,32H,6-7H2,1-3H3,(H2,24,30)/t8-,9-,16+,21+,22-/m0/s1. The third-order valence-corrected chi connectivity index (χ3v) is 7.46. The van der Waals surface area contributed by atoms with E-state index in [1.54, 1.807) is 6.92 Å². The summed E-state index contributed by atoms with van der Waals surface area (Å²) in [6, 6.07) is 1.49. The Morgan fingerprint density at radius 1 is 1.24 bits per heavy atom. The van der Waals surface area contributed by atoms with E-state index < -0.39 is 63.9 Å². The molecule has 1 aromatic carbocycles. The number of primary amides is 1. The smallest absolute Gasteiger partial charge is 0.343 e. The van der Waals surface area contributed by atoms with E-state index in [1.165, 1.54) is 31.1 Å². The molecule has 4 rings (SSSR count). The van der Waals surface area contributed by atoms with Crippen molar-refractivity contribution in [1.82, 2.24) is 4.90 Å². The number of nitrogens with zero attached hydrogens (tertiary/aromatic N) is 1. The molecule has 1 fully saturated rings. The van der Waals surface area contributed by atoms with Crippen LogP contribution in [0.25, 0.3) is 0 Å². The number of likely N-dealkylation sites (N-methyl/N-ethyl adjacent to an activating group) is 1. The van der Waals surface area contributed by atoms with Crippen molar-refractivity contribution in [3.8, 4) is 5.75 Å². The Kier molecular flexibility index (Phi) is 5.12. The lowest BCUT2D eigenvalue weighted by atomic mass is 9.58. The van der Waals surface area contributed by atoms with Crippen LogP contribution in [0.2, 0.25) is 5.02 Å². The normalized spacial score (nSPS) is 33.8. The number of halogens is 1. The second kappa shape index (κ2) is 7.28. The Balaban J connectivity index is 1.87. The number of ether oxygens (including phenoxy) is 1. The summed E-state index contributed by atoms with van der Waals surface area (Å²) in [5, 5.41) is 32.4. The van der Waals surface area contributed by atoms with E-state index in [2.05, 4.69) is 0 Å². The van der Waals surface area contributed by atoms with Gasteiger partial charge in [0.05, 0.1) is 6.04 Å². The second-order valence-electron chi connectivity index (χ2n) is 9.11. The maximum Gasteiger partial charge on any atom is 0.343 e. The fourth-order valence-electron chi connectivity index (χ4n) is 5.54. The zero-order chi connectivity index (χ0) is 24.6. The number of amides is 1. The summed E-state index contributed by atoms with van der Waals surface area (Å²) < 4.78 is 5.63. The fourth-order valence-corrected chi connectivity index (χ4v) is 5.89. The first-order chi connectivity index (χ1) is 15.3. The number of benzene rings is 1. The lowest BCUT2D eigenvalue weighted by Gasteiger charge is -2.50. The molecule has 0 unspecified atom stereocenters. The van der Waals surface area contributed by atoms with Crippen molar-refractivity contribution in [3.05, 3.63) is 39.6 Å². The average Bonchev–Trinajstić information content (AvgIpc) is 2.99. The maximum absolute atomic E-state index is 13.3. The van der Waals surface area contributed by atoms with E-state index in [0.29, 0.717) is 0 Å². The number of fused-ring (bicyclic) bond motifs is 2. The highest BCUT2D eigenvalue weighted by Crippen LogP contribution is 2.55. The number of ketones is 2. The zero-order valence-electron chi connectivity index (χ0n) is 18.1. The topological polar surface area (TPSA) is 167 Å². The van der Waals surface area contributed by atoms with Crippen molar-refractivity contribution in [2.24, 2.45) is 17.6 Å². The highest BCUT2D eigenvalue weighted by Gasteiger charge is 2.64. The van der Waals surface area contributed by atoms with Crippen molar-refractivity contribution in [1.29, 1.82) is 0 Å². The zero-order valence-corrected chi connectivity index (χ0v) is 18.8. The lowest BCUT2D eigenvalue weighted by Crippen LogP contribution is -2.65. The van der Waals surface area contributed by atoms with E-state index in [9.17, 15) is 34.5 Å². The van der Waals surface area contributed by atoms with Crippen LogP contribution < -0.4 is 5.73 Å². The lowest BCUT2D eigenvalue weighted by molar-refractivity contribution is -0.166. The van der Waals surface area contributed by atoms with Gasteiger partial charge in [-0.1, -0.05) is 11.6 Å². The van der Waals surface area contributed by atoms with Crippen LogP contribution in [-0.2, 0) is 24.7 Å². The highest BCUT2D eigenvalue weighted by atomic mass is 35.5. The number of Topliss-reactive ketones (excluding diaryl/α,β-unsaturated/α-hetero) is 2. The molecule has 0 spiro atoms. The minimum Gasteiger partial charge on any atom is -0.508 e. The van der Waals surface area contributed by atoms with E-state index in [4.69, 9.17) is 22.1 Å². The largest absolute Gasteiger partial charge is 0.508 e. The summed E-state index contributed by atoms with van der Waals surface area (Å²) in [5.74, 6) is -7.08. The van der Waals surface area contributed by atoms with Gasteiger partial charge in [0.25, 0.3) is 5.91 Å². The molecule has 1 saturated carbocycles. The van der Waals surface area contributed by atoms with Gasteiger partial charge in [0, 0.05) is 28.8 Å². The highest BCUT2D eigenvalue weighted by molar-refractivity contribution is 6.32. The number of carbonyl (C=O) groups excluding carboxylic acids is 4. The summed E-state index contributed by atoms with van der Waals surface area (Å²) in [6.45, 7) is 1.55. The molecule has 2 aliphatic carbocycles. The molecular formula is C22H23ClN2O8. The number of nitrogens with two attached hydrogens (primary N) is 1. The van der Waals surface area contributed by atoms with Gasteiger partial charge < -0.3 is 25.8 Å². The molecule has 0 aromatic heterocycles. The number of aliphatic hydroxyl groups excluding tert-OH is 1. The van der Waals surface area contributed by atoms with Gasteiger partial charge in [0.15, 0.2) is 17.2 Å². The second-order valence-corrected chi connectivity index (χ2v) is 9.51. The molecule has 5 atom stereocenters. The Labute approximate surface area is 193 Å². The molecule has 1 aliphatic heterocycles. The van der Waals surface area contributed by atoms with Crippen molar-refractivity contribution in [2.75, 3.05) is 14.1 Å². The van der Waals surface area contributed by atoms with Crippen LogP contribution in [0.3, 0.4) is 0 Å². The Hall–Kier alpha value is -2.95. The number of hydrogen-bond acceptors (Lipinski definition) is 9. The van der Waals surface area contributed by atoms with Crippen LogP contribution >= 0.6 is 11.6 Å². The minimum absolute atomic E-state index is 0.0534. The molecule has 5 N–H and O–H groups in total. The number of aromatic hydroxyl groups is 1. The van der Waals surface area contributed by atoms with E-state index >= 15 is 0 Å². The number of cyclic esters (lactones) is 1. The number of aliphatic hydroxyl groups is 2. The molecule has 1 heterocycles. The molecule has 176 valence electrons. The molecule has 33 heavy (non-hydrogen) atoms. The Bertz CT molecular complexity index is 1160. The maximum atomic E-state index is 13.3. The number of esters is 1. The Morgan fingerprint density at radius 3 is 2.45 bits per heavy atom. The number of phenolic OH excluding ortho intramolecular Hbond substituents is 1.